The van der Waals surface area contributed by atoms with Crippen molar-refractivity contribution in [2.75, 3.05) is 26.9 Å². The Hall–Kier alpha value is -2.29. The fraction of sp³-hybridized carbons (Fsp3) is 0.300. The summed E-state index contributed by atoms with van der Waals surface area (Å²) >= 11 is 9.43. The van der Waals surface area contributed by atoms with E-state index in [4.69, 9.17) is 25.8 Å². The van der Waals surface area contributed by atoms with Gasteiger partial charge in [-0.15, -0.1) is 0 Å². The number of amides is 2. The van der Waals surface area contributed by atoms with E-state index in [9.17, 15) is 9.59 Å². The van der Waals surface area contributed by atoms with Gasteiger partial charge in [0.1, 0.15) is 18.1 Å². The Morgan fingerprint density at radius 2 is 1.72 bits per heavy atom. The highest BCUT2D eigenvalue weighted by Gasteiger charge is 2.15. The van der Waals surface area contributed by atoms with Crippen LogP contribution in [0.25, 0.3) is 0 Å². The number of hydrogen-bond acceptors (Lipinski definition) is 5. The predicted octanol–water partition coefficient (Wildman–Crippen LogP) is 3.58. The van der Waals surface area contributed by atoms with Gasteiger partial charge in [0, 0.05) is 16.6 Å². The molecule has 0 saturated carbocycles. The van der Waals surface area contributed by atoms with E-state index in [-0.39, 0.29) is 12.2 Å². The molecule has 2 aromatic carbocycles. The number of hydrogen-bond donors (Lipinski definition) is 2. The summed E-state index contributed by atoms with van der Waals surface area (Å²) in [5.41, 5.74) is 6.64. The lowest BCUT2D eigenvalue weighted by Crippen LogP contribution is -2.44. The van der Waals surface area contributed by atoms with E-state index in [0.717, 1.165) is 11.1 Å². The number of methoxy groups -OCH3 is 1. The monoisotopic (exact) mass is 484 g/mol. The van der Waals surface area contributed by atoms with Gasteiger partial charge in [-0.3, -0.25) is 20.4 Å². The third-order valence-electron chi connectivity index (χ3n) is 3.83. The SMILES string of the molecule is COCCOc1ccc(Br)cc1C(=O)NNC(=O)COc1cc(C)c(Cl)c(C)c1. The highest BCUT2D eigenvalue weighted by molar-refractivity contribution is 9.10. The molecule has 2 rings (SSSR count). The molecule has 0 saturated heterocycles. The fourth-order valence-corrected chi connectivity index (χ4v) is 2.88. The second-order valence-corrected chi connectivity index (χ2v) is 7.44. The molecule has 0 atom stereocenters. The van der Waals surface area contributed by atoms with Crippen LogP contribution in [0.15, 0.2) is 34.8 Å². The van der Waals surface area contributed by atoms with E-state index < -0.39 is 11.8 Å². The van der Waals surface area contributed by atoms with Gasteiger partial charge in [0.25, 0.3) is 11.8 Å². The summed E-state index contributed by atoms with van der Waals surface area (Å²) < 4.78 is 16.6. The second-order valence-electron chi connectivity index (χ2n) is 6.14. The molecule has 2 N–H and O–H groups in total. The number of aryl methyl sites for hydroxylation is 2. The first-order valence-corrected chi connectivity index (χ1v) is 9.89. The van der Waals surface area contributed by atoms with Crippen molar-refractivity contribution in [1.29, 1.82) is 0 Å². The van der Waals surface area contributed by atoms with Crippen molar-refractivity contribution >= 4 is 39.3 Å². The molecule has 7 nitrogen and oxygen atoms in total. The molecular weight excluding hydrogens is 464 g/mol. The molecule has 0 fully saturated rings. The minimum Gasteiger partial charge on any atom is -0.490 e. The summed E-state index contributed by atoms with van der Waals surface area (Å²) in [4.78, 5) is 24.5. The minimum absolute atomic E-state index is 0.264. The van der Waals surface area contributed by atoms with Crippen LogP contribution in [-0.4, -0.2) is 38.7 Å². The molecule has 156 valence electrons. The largest absolute Gasteiger partial charge is 0.490 e. The summed E-state index contributed by atoms with van der Waals surface area (Å²) in [5.74, 6) is -0.141. The number of carbonyl (C=O) groups excluding carboxylic acids is 2. The Labute approximate surface area is 182 Å². The first-order valence-electron chi connectivity index (χ1n) is 8.72. The minimum atomic E-state index is -0.523. The zero-order valence-electron chi connectivity index (χ0n) is 16.3. The van der Waals surface area contributed by atoms with E-state index in [1.54, 1.807) is 37.4 Å². The summed E-state index contributed by atoms with van der Waals surface area (Å²) in [6.07, 6.45) is 0. The molecule has 9 heteroatoms. The van der Waals surface area contributed by atoms with E-state index in [1.165, 1.54) is 0 Å². The van der Waals surface area contributed by atoms with Gasteiger partial charge in [0.2, 0.25) is 0 Å². The molecule has 2 amide bonds. The van der Waals surface area contributed by atoms with Gasteiger partial charge < -0.3 is 14.2 Å². The fourth-order valence-electron chi connectivity index (χ4n) is 2.41. The predicted molar refractivity (Wildman–Crippen MR) is 114 cm³/mol. The van der Waals surface area contributed by atoms with Gasteiger partial charge in [0.15, 0.2) is 6.61 Å². The molecule has 0 aromatic heterocycles. The third-order valence-corrected chi connectivity index (χ3v) is 4.92. The van der Waals surface area contributed by atoms with Crippen LogP contribution in [0.3, 0.4) is 0 Å². The summed E-state index contributed by atoms with van der Waals surface area (Å²) in [6, 6.07) is 8.49. The van der Waals surface area contributed by atoms with Crippen LogP contribution in [0, 0.1) is 13.8 Å². The number of carbonyl (C=O) groups is 2. The molecule has 29 heavy (non-hydrogen) atoms. The van der Waals surface area contributed by atoms with Crippen LogP contribution < -0.4 is 20.3 Å². The Bertz CT molecular complexity index is 868. The molecule has 2 aromatic rings. The van der Waals surface area contributed by atoms with Crippen molar-refractivity contribution in [3.8, 4) is 11.5 Å². The Balaban J connectivity index is 1.91. The van der Waals surface area contributed by atoms with Crippen molar-refractivity contribution in [2.24, 2.45) is 0 Å². The molecule has 0 aliphatic heterocycles. The van der Waals surface area contributed by atoms with Crippen molar-refractivity contribution in [3.05, 3.63) is 56.5 Å². The number of rotatable bonds is 8. The standard InChI is InChI=1S/C20H22BrClN2O5/c1-12-8-15(9-13(2)19(12)22)29-11-18(25)23-24-20(26)16-10-14(21)4-5-17(16)28-7-6-27-3/h4-5,8-10H,6-7,11H2,1-3H3,(H,23,25)(H,24,26). The van der Waals surface area contributed by atoms with Crippen LogP contribution in [0.4, 0.5) is 0 Å². The zero-order valence-corrected chi connectivity index (χ0v) is 18.6. The van der Waals surface area contributed by atoms with Crippen LogP contribution >= 0.6 is 27.5 Å². The van der Waals surface area contributed by atoms with Gasteiger partial charge >= 0.3 is 0 Å². The summed E-state index contributed by atoms with van der Waals surface area (Å²) in [5, 5.41) is 0.659. The van der Waals surface area contributed by atoms with E-state index in [0.29, 0.717) is 34.2 Å². The number of halogens is 2. The smallest absolute Gasteiger partial charge is 0.276 e. The summed E-state index contributed by atoms with van der Waals surface area (Å²) in [7, 11) is 1.56. The average Bonchev–Trinajstić information content (AvgIpc) is 2.69. The van der Waals surface area contributed by atoms with Gasteiger partial charge in [-0.2, -0.15) is 0 Å². The van der Waals surface area contributed by atoms with Crippen LogP contribution in [-0.2, 0) is 9.53 Å². The van der Waals surface area contributed by atoms with E-state index in [2.05, 4.69) is 26.8 Å². The highest BCUT2D eigenvalue weighted by Crippen LogP contribution is 2.26. The van der Waals surface area contributed by atoms with Crippen molar-refractivity contribution < 1.29 is 23.8 Å². The van der Waals surface area contributed by atoms with Crippen LogP contribution in [0.5, 0.6) is 11.5 Å². The lowest BCUT2D eigenvalue weighted by molar-refractivity contribution is -0.123. The maximum atomic E-state index is 12.4. The number of hydrazine groups is 1. The lowest BCUT2D eigenvalue weighted by atomic mass is 10.1. The number of benzene rings is 2. The Kier molecular flexibility index (Phi) is 8.75. The quantitative estimate of drug-likeness (QED) is 0.441. The van der Waals surface area contributed by atoms with Gasteiger partial charge in [0.05, 0.1) is 12.2 Å². The van der Waals surface area contributed by atoms with Crippen molar-refractivity contribution in [2.45, 2.75) is 13.8 Å². The Morgan fingerprint density at radius 1 is 1.03 bits per heavy atom. The van der Waals surface area contributed by atoms with Gasteiger partial charge in [-0.05, 0) is 55.3 Å². The second kappa shape index (κ2) is 11.0. The lowest BCUT2D eigenvalue weighted by Gasteiger charge is -2.13. The molecule has 0 unspecified atom stereocenters. The number of nitrogens with one attached hydrogen (secondary N) is 2. The van der Waals surface area contributed by atoms with Gasteiger partial charge in [-0.25, -0.2) is 0 Å². The molecule has 0 aliphatic carbocycles. The average molecular weight is 486 g/mol. The van der Waals surface area contributed by atoms with Crippen molar-refractivity contribution in [1.82, 2.24) is 10.9 Å². The summed E-state index contributed by atoms with van der Waals surface area (Å²) in [6.45, 7) is 4.11. The van der Waals surface area contributed by atoms with Crippen LogP contribution in [0.1, 0.15) is 21.5 Å². The maximum absolute atomic E-state index is 12.4. The Morgan fingerprint density at radius 3 is 2.38 bits per heavy atom. The first kappa shape index (κ1) is 23.0. The highest BCUT2D eigenvalue weighted by atomic mass is 79.9. The van der Waals surface area contributed by atoms with Gasteiger partial charge in [-0.1, -0.05) is 27.5 Å². The normalized spacial score (nSPS) is 10.4. The van der Waals surface area contributed by atoms with Crippen molar-refractivity contribution in [3.63, 3.8) is 0 Å². The van der Waals surface area contributed by atoms with E-state index >= 15 is 0 Å². The zero-order chi connectivity index (χ0) is 21.4. The third kappa shape index (κ3) is 6.92. The number of ether oxygens (including phenoxy) is 3. The van der Waals surface area contributed by atoms with E-state index in [1.807, 2.05) is 13.8 Å². The topological polar surface area (TPSA) is 85.9 Å². The maximum Gasteiger partial charge on any atom is 0.276 e. The first-order chi connectivity index (χ1) is 13.8. The molecular formula is C20H22BrClN2O5. The van der Waals surface area contributed by atoms with Crippen LogP contribution in [0.2, 0.25) is 5.02 Å². The molecule has 0 bridgehead atoms. The molecule has 0 aliphatic rings. The molecule has 0 spiro atoms. The molecule has 0 heterocycles. The molecule has 0 radical (unpaired) electrons.